The quantitative estimate of drug-likeness (QED) is 0.599. The van der Waals surface area contributed by atoms with Gasteiger partial charge in [0.2, 0.25) is 15.9 Å². The average Bonchev–Trinajstić information content (AvgIpc) is 2.77. The van der Waals surface area contributed by atoms with Gasteiger partial charge in [0.05, 0.1) is 11.4 Å². The summed E-state index contributed by atoms with van der Waals surface area (Å²) in [4.78, 5) is 17.2. The maximum atomic E-state index is 12.7. The number of amides is 1. The lowest BCUT2D eigenvalue weighted by atomic mass is 10.2. The summed E-state index contributed by atoms with van der Waals surface area (Å²) in [7, 11) is -3.56. The molecule has 0 aromatic heterocycles. The second-order valence-electron chi connectivity index (χ2n) is 7.84. The molecule has 0 atom stereocenters. The Morgan fingerprint density at radius 3 is 2.25 bits per heavy atom. The van der Waals surface area contributed by atoms with E-state index < -0.39 is 10.0 Å². The number of halogens is 1. The second kappa shape index (κ2) is 11.2. The molecule has 1 N–H and O–H groups in total. The van der Waals surface area contributed by atoms with Crippen molar-refractivity contribution < 1.29 is 13.2 Å². The number of hydrogen-bond donors (Lipinski definition) is 1. The molecule has 0 unspecified atom stereocenters. The van der Waals surface area contributed by atoms with Crippen molar-refractivity contribution in [3.63, 3.8) is 0 Å². The van der Waals surface area contributed by atoms with Gasteiger partial charge < -0.3 is 5.32 Å². The van der Waals surface area contributed by atoms with Crippen LogP contribution in [0.5, 0.6) is 0 Å². The van der Waals surface area contributed by atoms with Gasteiger partial charge in [-0.1, -0.05) is 43.6 Å². The van der Waals surface area contributed by atoms with E-state index in [1.165, 1.54) is 15.9 Å². The fourth-order valence-corrected chi connectivity index (χ4v) is 5.43. The first kappa shape index (κ1) is 24.7. The van der Waals surface area contributed by atoms with E-state index in [9.17, 15) is 13.2 Å². The Morgan fingerprint density at radius 2 is 1.62 bits per heavy atom. The topological polar surface area (TPSA) is 73.0 Å². The Kier molecular flexibility index (Phi) is 8.67. The van der Waals surface area contributed by atoms with Gasteiger partial charge in [0.25, 0.3) is 0 Å². The van der Waals surface area contributed by atoms with Gasteiger partial charge in [-0.2, -0.15) is 4.31 Å². The molecular weight excluding hydrogens is 448 g/mol. The predicted octanol–water partition coefficient (Wildman–Crippen LogP) is 3.13. The van der Waals surface area contributed by atoms with Crippen LogP contribution in [-0.2, 0) is 21.4 Å². The number of nitrogens with one attached hydrogen (secondary N) is 1. The number of hydrogen-bond acceptors (Lipinski definition) is 5. The summed E-state index contributed by atoms with van der Waals surface area (Å²) < 4.78 is 26.8. The van der Waals surface area contributed by atoms with E-state index in [1.807, 2.05) is 38.1 Å². The molecule has 1 fully saturated rings. The summed E-state index contributed by atoms with van der Waals surface area (Å²) in [6.45, 7) is 8.94. The van der Waals surface area contributed by atoms with Crippen LogP contribution in [-0.4, -0.2) is 74.2 Å². The number of rotatable bonds is 9. The molecule has 9 heteroatoms. The molecule has 2 aromatic carbocycles. The van der Waals surface area contributed by atoms with Crippen molar-refractivity contribution in [1.29, 1.82) is 0 Å². The Morgan fingerprint density at radius 1 is 1.00 bits per heavy atom. The molecular formula is C23H31ClN4O3S. The largest absolute Gasteiger partial charge is 0.325 e. The molecule has 1 amide bonds. The number of nitrogens with zero attached hydrogens (tertiary/aromatic N) is 3. The van der Waals surface area contributed by atoms with Crippen LogP contribution >= 0.6 is 11.6 Å². The fourth-order valence-electron chi connectivity index (χ4n) is 3.80. The van der Waals surface area contributed by atoms with E-state index >= 15 is 0 Å². The van der Waals surface area contributed by atoms with E-state index in [0.29, 0.717) is 18.8 Å². The highest BCUT2D eigenvalue weighted by Gasteiger charge is 2.22. The first-order chi connectivity index (χ1) is 15.3. The highest BCUT2D eigenvalue weighted by Crippen LogP contribution is 2.20. The summed E-state index contributed by atoms with van der Waals surface area (Å²) in [5, 5.41) is 3.58. The van der Waals surface area contributed by atoms with E-state index in [4.69, 9.17) is 11.6 Å². The van der Waals surface area contributed by atoms with E-state index in [-0.39, 0.29) is 17.3 Å². The monoisotopic (exact) mass is 478 g/mol. The van der Waals surface area contributed by atoms with Crippen molar-refractivity contribution in [2.45, 2.75) is 25.3 Å². The van der Waals surface area contributed by atoms with Crippen LogP contribution in [0, 0.1) is 0 Å². The third kappa shape index (κ3) is 6.52. The molecule has 32 heavy (non-hydrogen) atoms. The Bertz CT molecular complexity index is 1000. The molecule has 1 aliphatic heterocycles. The van der Waals surface area contributed by atoms with Gasteiger partial charge in [-0.15, -0.1) is 0 Å². The van der Waals surface area contributed by atoms with Crippen LogP contribution in [0.4, 0.5) is 5.69 Å². The lowest BCUT2D eigenvalue weighted by Gasteiger charge is -2.34. The normalized spacial score (nSPS) is 15.8. The summed E-state index contributed by atoms with van der Waals surface area (Å²) >= 11 is 5.95. The van der Waals surface area contributed by atoms with Crippen LogP contribution in [0.3, 0.4) is 0 Å². The van der Waals surface area contributed by atoms with Crippen molar-refractivity contribution in [3.8, 4) is 0 Å². The summed E-state index contributed by atoms with van der Waals surface area (Å²) in [6.07, 6.45) is 0. The maximum absolute atomic E-state index is 12.7. The number of benzene rings is 2. The van der Waals surface area contributed by atoms with E-state index in [2.05, 4.69) is 15.1 Å². The first-order valence-electron chi connectivity index (χ1n) is 10.9. The zero-order chi connectivity index (χ0) is 23.1. The predicted molar refractivity (Wildman–Crippen MR) is 128 cm³/mol. The lowest BCUT2D eigenvalue weighted by Crippen LogP contribution is -2.48. The number of anilines is 1. The number of piperazine rings is 1. The van der Waals surface area contributed by atoms with Gasteiger partial charge in [0, 0.05) is 56.5 Å². The molecule has 0 aliphatic carbocycles. The van der Waals surface area contributed by atoms with Crippen molar-refractivity contribution in [2.24, 2.45) is 0 Å². The molecule has 0 spiro atoms. The third-order valence-corrected chi connectivity index (χ3v) is 7.91. The van der Waals surface area contributed by atoms with Gasteiger partial charge >= 0.3 is 0 Å². The van der Waals surface area contributed by atoms with Gasteiger partial charge in [-0.25, -0.2) is 8.42 Å². The summed E-state index contributed by atoms with van der Waals surface area (Å²) in [6, 6.07) is 14.3. The minimum absolute atomic E-state index is 0.145. The number of sulfonamides is 1. The molecule has 0 bridgehead atoms. The molecule has 7 nitrogen and oxygen atoms in total. The van der Waals surface area contributed by atoms with Crippen LogP contribution in [0.1, 0.15) is 19.4 Å². The first-order valence-corrected chi connectivity index (χ1v) is 12.7. The second-order valence-corrected chi connectivity index (χ2v) is 10.2. The van der Waals surface area contributed by atoms with Gasteiger partial charge in [0.1, 0.15) is 0 Å². The molecule has 0 saturated carbocycles. The third-order valence-electron chi connectivity index (χ3n) is 5.61. The number of carbonyl (C=O) groups excluding carboxylic acids is 1. The standard InChI is InChI=1S/C23H31ClN4O3S/c1-3-28(4-2)32(30,31)22-7-5-6-21(16-22)25-23(29)18-27-14-12-26(13-15-27)17-19-8-10-20(24)11-9-19/h5-11,16H,3-4,12-15,17-18H2,1-2H3,(H,25,29). The minimum Gasteiger partial charge on any atom is -0.325 e. The Balaban J connectivity index is 1.51. The molecule has 174 valence electrons. The zero-order valence-corrected chi connectivity index (χ0v) is 20.2. The van der Waals surface area contributed by atoms with Crippen molar-refractivity contribution in [1.82, 2.24) is 14.1 Å². The van der Waals surface area contributed by atoms with Crippen LogP contribution in [0.25, 0.3) is 0 Å². The molecule has 2 aromatic rings. The van der Waals surface area contributed by atoms with Crippen LogP contribution in [0.2, 0.25) is 5.02 Å². The maximum Gasteiger partial charge on any atom is 0.243 e. The average molecular weight is 479 g/mol. The Hall–Kier alpha value is -1.97. The number of carbonyl (C=O) groups is 1. The van der Waals surface area contributed by atoms with Crippen molar-refractivity contribution in [2.75, 3.05) is 51.1 Å². The zero-order valence-electron chi connectivity index (χ0n) is 18.6. The highest BCUT2D eigenvalue weighted by atomic mass is 35.5. The summed E-state index contributed by atoms with van der Waals surface area (Å²) in [5.74, 6) is -0.145. The van der Waals surface area contributed by atoms with Crippen molar-refractivity contribution in [3.05, 3.63) is 59.1 Å². The van der Waals surface area contributed by atoms with Gasteiger partial charge in [-0.05, 0) is 35.9 Å². The van der Waals surface area contributed by atoms with Crippen LogP contribution < -0.4 is 5.32 Å². The lowest BCUT2D eigenvalue weighted by molar-refractivity contribution is -0.117. The Labute approximate surface area is 196 Å². The fraction of sp³-hybridized carbons (Fsp3) is 0.435. The summed E-state index contributed by atoms with van der Waals surface area (Å²) in [5.41, 5.74) is 1.71. The molecule has 0 radical (unpaired) electrons. The van der Waals surface area contributed by atoms with E-state index in [0.717, 1.165) is 37.7 Å². The highest BCUT2D eigenvalue weighted by molar-refractivity contribution is 7.89. The minimum atomic E-state index is -3.56. The smallest absolute Gasteiger partial charge is 0.243 e. The van der Waals surface area contributed by atoms with Gasteiger partial charge in [-0.3, -0.25) is 14.6 Å². The SMILES string of the molecule is CCN(CC)S(=O)(=O)c1cccc(NC(=O)CN2CCN(Cc3ccc(Cl)cc3)CC2)c1. The van der Waals surface area contributed by atoms with Gasteiger partial charge in [0.15, 0.2) is 0 Å². The molecule has 1 aliphatic rings. The van der Waals surface area contributed by atoms with Crippen LogP contribution in [0.15, 0.2) is 53.4 Å². The molecule has 3 rings (SSSR count). The van der Waals surface area contributed by atoms with Crippen molar-refractivity contribution >= 4 is 33.2 Å². The van der Waals surface area contributed by atoms with E-state index in [1.54, 1.807) is 18.2 Å². The molecule has 1 saturated heterocycles. The molecule has 1 heterocycles.